The van der Waals surface area contributed by atoms with Gasteiger partial charge in [-0.3, -0.25) is 4.79 Å². The lowest BCUT2D eigenvalue weighted by Crippen LogP contribution is -2.54. The number of hydrogen-bond donors (Lipinski definition) is 1. The van der Waals surface area contributed by atoms with Gasteiger partial charge in [-0.1, -0.05) is 6.42 Å². The Morgan fingerprint density at radius 3 is 2.87 bits per heavy atom. The molecule has 1 amide bonds. The smallest absolute Gasteiger partial charge is 0.238 e. The number of piperidine rings is 1. The Balaban J connectivity index is 1.67. The fourth-order valence-electron chi connectivity index (χ4n) is 3.57. The van der Waals surface area contributed by atoms with Gasteiger partial charge < -0.3 is 9.88 Å². The quantitative estimate of drug-likeness (QED) is 0.865. The first kappa shape index (κ1) is 16.4. The van der Waals surface area contributed by atoms with Crippen LogP contribution in [0.2, 0.25) is 0 Å². The third-order valence-electron chi connectivity index (χ3n) is 4.64. The largest absolute Gasteiger partial charge is 0.350 e. The van der Waals surface area contributed by atoms with E-state index in [9.17, 15) is 13.2 Å². The van der Waals surface area contributed by atoms with Crippen molar-refractivity contribution in [2.24, 2.45) is 0 Å². The fraction of sp³-hybridized carbons (Fsp3) is 0.733. The van der Waals surface area contributed by atoms with Crippen molar-refractivity contribution in [2.45, 2.75) is 57.7 Å². The summed E-state index contributed by atoms with van der Waals surface area (Å²) in [6.07, 6.45) is 7.16. The summed E-state index contributed by atoms with van der Waals surface area (Å²) >= 11 is 0. The maximum Gasteiger partial charge on any atom is 0.238 e. The van der Waals surface area contributed by atoms with Crippen molar-refractivity contribution in [1.29, 1.82) is 0 Å². The molecule has 0 bridgehead atoms. The topological polar surface area (TPSA) is 84.3 Å². The van der Waals surface area contributed by atoms with E-state index in [0.29, 0.717) is 19.5 Å². The van der Waals surface area contributed by atoms with Gasteiger partial charge in [-0.05, 0) is 26.2 Å². The summed E-state index contributed by atoms with van der Waals surface area (Å²) in [6.45, 7) is 3.10. The number of nitrogens with one attached hydrogen (secondary N) is 1. The number of sulfonamides is 1. The zero-order valence-electron chi connectivity index (χ0n) is 13.7. The summed E-state index contributed by atoms with van der Waals surface area (Å²) in [4.78, 5) is 17.1. The van der Waals surface area contributed by atoms with Crippen molar-refractivity contribution in [3.8, 4) is 0 Å². The number of hydrogen-bond acceptors (Lipinski definition) is 4. The third kappa shape index (κ3) is 3.58. The molecule has 1 N–H and O–H groups in total. The molecule has 2 aliphatic heterocycles. The fourth-order valence-corrected chi connectivity index (χ4v) is 4.69. The van der Waals surface area contributed by atoms with E-state index in [4.69, 9.17) is 0 Å². The number of amides is 1. The molecular weight excluding hydrogens is 316 g/mol. The molecule has 2 atom stereocenters. The number of aryl methyl sites for hydroxylation is 2. The van der Waals surface area contributed by atoms with Gasteiger partial charge in [-0.15, -0.1) is 0 Å². The first-order valence-electron chi connectivity index (χ1n) is 8.14. The molecule has 128 valence electrons. The van der Waals surface area contributed by atoms with Crippen molar-refractivity contribution >= 4 is 15.9 Å². The summed E-state index contributed by atoms with van der Waals surface area (Å²) in [5, 5.41) is 3.05. The van der Waals surface area contributed by atoms with Gasteiger partial charge in [0.05, 0.1) is 11.9 Å². The normalized spacial score (nSPS) is 25.8. The summed E-state index contributed by atoms with van der Waals surface area (Å²) in [5.74, 6) is 0.892. The second kappa shape index (κ2) is 6.24. The summed E-state index contributed by atoms with van der Waals surface area (Å²) < 4.78 is 27.2. The number of carbonyl (C=O) groups excluding carboxylic acids is 1. The molecule has 1 saturated heterocycles. The first-order valence-corrected chi connectivity index (χ1v) is 9.99. The van der Waals surface area contributed by atoms with E-state index in [2.05, 4.69) is 14.9 Å². The van der Waals surface area contributed by atoms with Crippen LogP contribution in [0.5, 0.6) is 0 Å². The summed E-state index contributed by atoms with van der Waals surface area (Å²) in [5.41, 5.74) is 0.988. The van der Waals surface area contributed by atoms with Crippen LogP contribution in [0.4, 0.5) is 0 Å². The molecule has 0 aromatic carbocycles. The van der Waals surface area contributed by atoms with Gasteiger partial charge in [-0.2, -0.15) is 4.31 Å². The zero-order chi connectivity index (χ0) is 16.6. The molecule has 1 aromatic rings. The number of carbonyl (C=O) groups is 1. The standard InChI is InChI=1S/C15H24N4O3S/c1-11-9-18-10-12(6-7-14(18)16-11)17-15(20)13-5-3-4-8-19(13)23(2,21)22/h9,12-13H,3-8,10H2,1-2H3,(H,17,20)/t12-,13+/m0/s1. The number of aromatic nitrogens is 2. The van der Waals surface area contributed by atoms with Gasteiger partial charge in [0.25, 0.3) is 0 Å². The Labute approximate surface area is 137 Å². The molecule has 0 radical (unpaired) electrons. The monoisotopic (exact) mass is 340 g/mol. The third-order valence-corrected chi connectivity index (χ3v) is 5.93. The molecule has 0 spiro atoms. The highest BCUT2D eigenvalue weighted by atomic mass is 32.2. The highest BCUT2D eigenvalue weighted by Gasteiger charge is 2.35. The van der Waals surface area contributed by atoms with Gasteiger partial charge in [0.15, 0.2) is 0 Å². The highest BCUT2D eigenvalue weighted by Crippen LogP contribution is 2.21. The molecule has 8 heteroatoms. The average molecular weight is 340 g/mol. The van der Waals surface area contributed by atoms with Crippen LogP contribution in [0.3, 0.4) is 0 Å². The van der Waals surface area contributed by atoms with Crippen molar-refractivity contribution < 1.29 is 13.2 Å². The Kier molecular flexibility index (Phi) is 4.46. The van der Waals surface area contributed by atoms with Crippen LogP contribution < -0.4 is 5.32 Å². The molecular formula is C15H24N4O3S. The number of fused-ring (bicyclic) bond motifs is 1. The van der Waals surface area contributed by atoms with Crippen molar-refractivity contribution in [2.75, 3.05) is 12.8 Å². The Morgan fingerprint density at radius 1 is 1.35 bits per heavy atom. The molecule has 3 rings (SSSR count). The highest BCUT2D eigenvalue weighted by molar-refractivity contribution is 7.88. The summed E-state index contributed by atoms with van der Waals surface area (Å²) in [6, 6.07) is -0.531. The Morgan fingerprint density at radius 2 is 2.13 bits per heavy atom. The Bertz CT molecular complexity index is 698. The molecule has 23 heavy (non-hydrogen) atoms. The van der Waals surface area contributed by atoms with Crippen LogP contribution in [0.1, 0.15) is 37.2 Å². The first-order chi connectivity index (χ1) is 10.8. The predicted molar refractivity (Wildman–Crippen MR) is 86.4 cm³/mol. The molecule has 3 heterocycles. The number of rotatable bonds is 3. The average Bonchev–Trinajstić information content (AvgIpc) is 2.85. The van der Waals surface area contributed by atoms with E-state index in [1.807, 2.05) is 13.1 Å². The predicted octanol–water partition coefficient (Wildman–Crippen LogP) is 0.437. The van der Waals surface area contributed by atoms with Gasteiger partial charge in [0.1, 0.15) is 11.9 Å². The van der Waals surface area contributed by atoms with Crippen LogP contribution in [0.25, 0.3) is 0 Å². The minimum Gasteiger partial charge on any atom is -0.350 e. The van der Waals surface area contributed by atoms with Gasteiger partial charge >= 0.3 is 0 Å². The van der Waals surface area contributed by atoms with Crippen molar-refractivity contribution in [3.05, 3.63) is 17.7 Å². The van der Waals surface area contributed by atoms with Crippen LogP contribution in [-0.2, 0) is 27.8 Å². The van der Waals surface area contributed by atoms with E-state index in [1.54, 1.807) is 0 Å². The van der Waals surface area contributed by atoms with E-state index in [0.717, 1.165) is 37.2 Å². The van der Waals surface area contributed by atoms with Crippen molar-refractivity contribution in [1.82, 2.24) is 19.2 Å². The van der Waals surface area contributed by atoms with Crippen LogP contribution in [0, 0.1) is 6.92 Å². The Hall–Kier alpha value is -1.41. The van der Waals surface area contributed by atoms with Crippen LogP contribution in [0.15, 0.2) is 6.20 Å². The number of imidazole rings is 1. The molecule has 2 aliphatic rings. The van der Waals surface area contributed by atoms with Gasteiger partial charge in [-0.25, -0.2) is 13.4 Å². The van der Waals surface area contributed by atoms with Crippen LogP contribution in [-0.4, -0.2) is 53.1 Å². The van der Waals surface area contributed by atoms with Crippen molar-refractivity contribution in [3.63, 3.8) is 0 Å². The summed E-state index contributed by atoms with van der Waals surface area (Å²) in [7, 11) is -3.35. The molecule has 0 saturated carbocycles. The van der Waals surface area contributed by atoms with E-state index >= 15 is 0 Å². The molecule has 1 fully saturated rings. The zero-order valence-corrected chi connectivity index (χ0v) is 14.5. The molecule has 7 nitrogen and oxygen atoms in total. The lowest BCUT2D eigenvalue weighted by molar-refractivity contribution is -0.126. The van der Waals surface area contributed by atoms with E-state index in [-0.39, 0.29) is 11.9 Å². The lowest BCUT2D eigenvalue weighted by atomic mass is 10.0. The van der Waals surface area contributed by atoms with Gasteiger partial charge in [0.2, 0.25) is 15.9 Å². The SMILES string of the molecule is Cc1cn2c(n1)CC[C@H](NC(=O)[C@H]1CCCCN1S(C)(=O)=O)C2. The molecule has 1 aromatic heterocycles. The minimum atomic E-state index is -3.35. The molecule has 0 unspecified atom stereocenters. The van der Waals surface area contributed by atoms with E-state index in [1.165, 1.54) is 10.6 Å². The second-order valence-corrected chi connectivity index (χ2v) is 8.52. The maximum absolute atomic E-state index is 12.6. The minimum absolute atomic E-state index is 0.0342. The lowest BCUT2D eigenvalue weighted by Gasteiger charge is -2.34. The molecule has 0 aliphatic carbocycles. The second-order valence-electron chi connectivity index (χ2n) is 6.58. The number of nitrogens with zero attached hydrogens (tertiary/aromatic N) is 3. The maximum atomic E-state index is 12.6. The van der Waals surface area contributed by atoms with Gasteiger partial charge in [0, 0.05) is 31.7 Å². The van der Waals surface area contributed by atoms with Crippen LogP contribution >= 0.6 is 0 Å². The van der Waals surface area contributed by atoms with E-state index < -0.39 is 16.1 Å².